The van der Waals surface area contributed by atoms with Crippen LogP contribution < -0.4 is 4.74 Å². The summed E-state index contributed by atoms with van der Waals surface area (Å²) in [6.07, 6.45) is 6.48. The monoisotopic (exact) mass is 468 g/mol. The lowest BCUT2D eigenvalue weighted by Crippen LogP contribution is -2.28. The molecule has 2 aromatic carbocycles. The molecule has 2 aromatic rings. The van der Waals surface area contributed by atoms with E-state index in [0.29, 0.717) is 11.3 Å². The first kappa shape index (κ1) is 19.2. The van der Waals surface area contributed by atoms with Gasteiger partial charge in [0.25, 0.3) is 11.8 Å². The summed E-state index contributed by atoms with van der Waals surface area (Å²) in [5, 5.41) is 5.25. The highest BCUT2D eigenvalue weighted by molar-refractivity contribution is 9.10. The van der Waals surface area contributed by atoms with Gasteiger partial charge in [-0.3, -0.25) is 9.59 Å². The zero-order chi connectivity index (χ0) is 20.8. The number of halogens is 2. The van der Waals surface area contributed by atoms with E-state index in [2.05, 4.69) is 33.2 Å². The lowest BCUT2D eigenvalue weighted by molar-refractivity contribution is -0.140. The Morgan fingerprint density at radius 3 is 2.40 bits per heavy atom. The maximum absolute atomic E-state index is 13.1. The fraction of sp³-hybridized carbons (Fsp3) is 0.261. The number of nitrogens with zero attached hydrogens (tertiary/aromatic N) is 2. The van der Waals surface area contributed by atoms with E-state index in [1.807, 2.05) is 6.07 Å². The van der Waals surface area contributed by atoms with Crippen LogP contribution in [0.15, 0.2) is 64.2 Å². The molecule has 152 valence electrons. The Balaban J connectivity index is 1.35. The number of benzene rings is 2. The van der Waals surface area contributed by atoms with E-state index in [1.54, 1.807) is 24.3 Å². The number of imide groups is 1. The summed E-state index contributed by atoms with van der Waals surface area (Å²) in [4.78, 5) is 25.6. The number of allylic oxidation sites excluding steroid dienone is 2. The molecule has 0 spiro atoms. The van der Waals surface area contributed by atoms with Crippen molar-refractivity contribution in [3.05, 3.63) is 76.0 Å². The number of hydrazone groups is 1. The van der Waals surface area contributed by atoms with E-state index < -0.39 is 0 Å². The van der Waals surface area contributed by atoms with Crippen molar-refractivity contribution < 1.29 is 18.7 Å². The molecule has 7 heteroatoms. The number of ether oxygens (including phenoxy) is 1. The summed E-state index contributed by atoms with van der Waals surface area (Å²) in [6, 6.07) is 11.5. The third-order valence-electron chi connectivity index (χ3n) is 6.04. The van der Waals surface area contributed by atoms with Crippen molar-refractivity contribution in [2.45, 2.75) is 13.0 Å². The van der Waals surface area contributed by atoms with Gasteiger partial charge in [-0.25, -0.2) is 4.39 Å². The maximum Gasteiger partial charge on any atom is 0.254 e. The smallest absolute Gasteiger partial charge is 0.254 e. The standard InChI is InChI=1S/C23H18BrFN2O3/c24-17-5-8-19(30-12-13-1-6-18(25)7-2-13)16(10-17)11-26-27-22(28)20-14-3-4-15(9-14)21(20)23(27)29/h1-8,10-11,14-15,20-21H,9,12H2/t14-,15-,20-,21+/m0/s1. The molecule has 1 aliphatic heterocycles. The average molecular weight is 469 g/mol. The highest BCUT2D eigenvalue weighted by Crippen LogP contribution is 2.52. The minimum Gasteiger partial charge on any atom is -0.488 e. The summed E-state index contributed by atoms with van der Waals surface area (Å²) in [6.45, 7) is 0.253. The quantitative estimate of drug-likeness (QED) is 0.373. The van der Waals surface area contributed by atoms with Crippen LogP contribution in [0.3, 0.4) is 0 Å². The van der Waals surface area contributed by atoms with Crippen molar-refractivity contribution in [3.63, 3.8) is 0 Å². The van der Waals surface area contributed by atoms with Crippen LogP contribution in [0.4, 0.5) is 4.39 Å². The van der Waals surface area contributed by atoms with Crippen LogP contribution in [0, 0.1) is 29.5 Å². The summed E-state index contributed by atoms with van der Waals surface area (Å²) >= 11 is 3.43. The minimum atomic E-state index is -0.302. The van der Waals surface area contributed by atoms with Gasteiger partial charge in [-0.15, -0.1) is 0 Å². The molecule has 30 heavy (non-hydrogen) atoms. The molecule has 5 rings (SSSR count). The Kier molecular flexibility index (Phi) is 4.77. The van der Waals surface area contributed by atoms with Gasteiger partial charge < -0.3 is 4.74 Å². The van der Waals surface area contributed by atoms with Crippen LogP contribution in [0.2, 0.25) is 0 Å². The molecule has 1 heterocycles. The van der Waals surface area contributed by atoms with Crippen molar-refractivity contribution in [2.24, 2.45) is 28.8 Å². The normalized spacial score (nSPS) is 26.8. The van der Waals surface area contributed by atoms with Gasteiger partial charge in [0.15, 0.2) is 0 Å². The second-order valence-electron chi connectivity index (χ2n) is 7.83. The lowest BCUT2D eigenvalue weighted by atomic mass is 9.85. The van der Waals surface area contributed by atoms with Crippen molar-refractivity contribution in [1.82, 2.24) is 5.01 Å². The predicted octanol–water partition coefficient (Wildman–Crippen LogP) is 4.31. The molecule has 1 saturated heterocycles. The third kappa shape index (κ3) is 3.27. The molecule has 0 N–H and O–H groups in total. The Morgan fingerprint density at radius 2 is 1.73 bits per heavy atom. The fourth-order valence-corrected chi connectivity index (χ4v) is 4.99. The number of carbonyl (C=O) groups is 2. The van der Waals surface area contributed by atoms with Crippen molar-refractivity contribution in [1.29, 1.82) is 0 Å². The molecule has 2 aliphatic carbocycles. The molecule has 2 bridgehead atoms. The number of hydrogen-bond acceptors (Lipinski definition) is 4. The predicted molar refractivity (Wildman–Crippen MR) is 112 cm³/mol. The van der Waals surface area contributed by atoms with Gasteiger partial charge in [0.05, 0.1) is 18.1 Å². The first-order chi connectivity index (χ1) is 14.5. The van der Waals surface area contributed by atoms with Crippen LogP contribution >= 0.6 is 15.9 Å². The topological polar surface area (TPSA) is 59.0 Å². The Hall–Kier alpha value is -2.80. The van der Waals surface area contributed by atoms with Crippen molar-refractivity contribution >= 4 is 34.0 Å². The number of carbonyl (C=O) groups excluding carboxylic acids is 2. The van der Waals surface area contributed by atoms with Crippen LogP contribution in [0.5, 0.6) is 5.75 Å². The van der Waals surface area contributed by atoms with E-state index >= 15 is 0 Å². The van der Waals surface area contributed by atoms with Crippen molar-refractivity contribution in [2.75, 3.05) is 0 Å². The van der Waals surface area contributed by atoms with E-state index in [9.17, 15) is 14.0 Å². The van der Waals surface area contributed by atoms with E-state index in [1.165, 1.54) is 18.3 Å². The minimum absolute atomic E-state index is 0.150. The highest BCUT2D eigenvalue weighted by atomic mass is 79.9. The lowest BCUT2D eigenvalue weighted by Gasteiger charge is -2.13. The van der Waals surface area contributed by atoms with Crippen LogP contribution in [0.25, 0.3) is 0 Å². The van der Waals surface area contributed by atoms with Crippen LogP contribution in [0.1, 0.15) is 17.5 Å². The molecule has 1 saturated carbocycles. The zero-order valence-corrected chi connectivity index (χ0v) is 17.5. The molecule has 2 amide bonds. The molecule has 4 atom stereocenters. The zero-order valence-electron chi connectivity index (χ0n) is 15.9. The third-order valence-corrected chi connectivity index (χ3v) is 6.53. The summed E-state index contributed by atoms with van der Waals surface area (Å²) in [5.41, 5.74) is 1.45. The molecule has 0 aromatic heterocycles. The van der Waals surface area contributed by atoms with E-state index in [4.69, 9.17) is 4.74 Å². The molecule has 5 nitrogen and oxygen atoms in total. The summed E-state index contributed by atoms with van der Waals surface area (Å²) < 4.78 is 19.8. The van der Waals surface area contributed by atoms with Gasteiger partial charge in [-0.2, -0.15) is 10.1 Å². The number of hydrogen-bond donors (Lipinski definition) is 0. The summed E-state index contributed by atoms with van der Waals surface area (Å²) in [7, 11) is 0. The second kappa shape index (κ2) is 7.47. The molecule has 0 radical (unpaired) electrons. The van der Waals surface area contributed by atoms with Gasteiger partial charge in [0.2, 0.25) is 0 Å². The van der Waals surface area contributed by atoms with Gasteiger partial charge in [-0.05, 0) is 54.2 Å². The Morgan fingerprint density at radius 1 is 1.07 bits per heavy atom. The van der Waals surface area contributed by atoms with Crippen LogP contribution in [-0.2, 0) is 16.2 Å². The second-order valence-corrected chi connectivity index (χ2v) is 8.75. The Labute approximate surface area is 181 Å². The molecule has 2 fully saturated rings. The average Bonchev–Trinajstić information content (AvgIpc) is 3.41. The number of amides is 2. The van der Waals surface area contributed by atoms with Gasteiger partial charge in [-0.1, -0.05) is 40.2 Å². The molecule has 0 unspecified atom stereocenters. The first-order valence-corrected chi connectivity index (χ1v) is 10.6. The van der Waals surface area contributed by atoms with Gasteiger partial charge in [0.1, 0.15) is 18.2 Å². The van der Waals surface area contributed by atoms with Gasteiger partial charge >= 0.3 is 0 Å². The van der Waals surface area contributed by atoms with Crippen LogP contribution in [-0.4, -0.2) is 23.0 Å². The Bertz CT molecular complexity index is 1050. The van der Waals surface area contributed by atoms with E-state index in [-0.39, 0.29) is 47.9 Å². The molecule has 3 aliphatic rings. The molecular weight excluding hydrogens is 451 g/mol. The molecular formula is C23H18BrFN2O3. The SMILES string of the molecule is O=C1[C@@H]2[C@H](C(=O)N1N=Cc1cc(Br)ccc1OCc1ccc(F)cc1)[C@H]1C=C[C@H]2C1. The van der Waals surface area contributed by atoms with Gasteiger partial charge in [0, 0.05) is 10.0 Å². The number of rotatable bonds is 5. The first-order valence-electron chi connectivity index (χ1n) is 9.78. The van der Waals surface area contributed by atoms with E-state index in [0.717, 1.165) is 21.5 Å². The largest absolute Gasteiger partial charge is 0.488 e. The summed E-state index contributed by atoms with van der Waals surface area (Å²) in [5.74, 6) is -0.448. The highest BCUT2D eigenvalue weighted by Gasteiger charge is 2.59. The fourth-order valence-electron chi connectivity index (χ4n) is 4.61. The number of fused-ring (bicyclic) bond motifs is 5. The maximum atomic E-state index is 13.1. The van der Waals surface area contributed by atoms with Crippen molar-refractivity contribution in [3.8, 4) is 5.75 Å².